The van der Waals surface area contributed by atoms with E-state index in [1.165, 1.54) is 6.07 Å². The zero-order valence-corrected chi connectivity index (χ0v) is 7.76. The second-order valence-corrected chi connectivity index (χ2v) is 3.06. The van der Waals surface area contributed by atoms with E-state index in [9.17, 15) is 13.2 Å². The van der Waals surface area contributed by atoms with Crippen molar-refractivity contribution in [3.05, 3.63) is 18.1 Å². The summed E-state index contributed by atoms with van der Waals surface area (Å²) in [5.41, 5.74) is 0. The van der Waals surface area contributed by atoms with Crippen LogP contribution >= 0.6 is 0 Å². The Hall–Kier alpha value is -1.33. The average molecular weight is 205 g/mol. The van der Waals surface area contributed by atoms with Gasteiger partial charge in [0.15, 0.2) is 0 Å². The Morgan fingerprint density at radius 3 is 2.50 bits per heavy atom. The lowest BCUT2D eigenvalue weighted by molar-refractivity contribution is -0.144. The van der Waals surface area contributed by atoms with Crippen LogP contribution in [0.5, 0.6) is 0 Å². The van der Waals surface area contributed by atoms with Gasteiger partial charge in [0.25, 0.3) is 0 Å². The van der Waals surface area contributed by atoms with Gasteiger partial charge in [-0.25, -0.2) is 9.97 Å². The largest absolute Gasteiger partial charge is 0.451 e. The summed E-state index contributed by atoms with van der Waals surface area (Å²) < 4.78 is 36.5. The zero-order chi connectivity index (χ0) is 10.8. The minimum absolute atomic E-state index is 0.0333. The van der Waals surface area contributed by atoms with E-state index in [1.54, 1.807) is 0 Å². The highest BCUT2D eigenvalue weighted by Crippen LogP contribution is 2.26. The molecule has 0 fully saturated rings. The molecular weight excluding hydrogens is 195 g/mol. The van der Waals surface area contributed by atoms with Crippen LogP contribution in [0.25, 0.3) is 0 Å². The summed E-state index contributed by atoms with van der Waals surface area (Å²) in [5.74, 6) is -0.939. The van der Waals surface area contributed by atoms with E-state index in [0.717, 1.165) is 6.20 Å². The van der Waals surface area contributed by atoms with Crippen molar-refractivity contribution in [3.8, 4) is 0 Å². The number of nitrogens with zero attached hydrogens (tertiary/aromatic N) is 2. The van der Waals surface area contributed by atoms with Crippen molar-refractivity contribution in [1.82, 2.24) is 9.97 Å². The maximum absolute atomic E-state index is 12.2. The molecule has 78 valence electrons. The molecule has 1 aromatic rings. The monoisotopic (exact) mass is 205 g/mol. The molecule has 1 rings (SSSR count). The van der Waals surface area contributed by atoms with Gasteiger partial charge in [0.2, 0.25) is 5.82 Å². The topological polar surface area (TPSA) is 37.8 Å². The summed E-state index contributed by atoms with van der Waals surface area (Å²) in [5, 5.41) is 2.77. The quantitative estimate of drug-likeness (QED) is 0.805. The number of halogens is 3. The van der Waals surface area contributed by atoms with E-state index in [0.29, 0.717) is 0 Å². The molecule has 6 heteroatoms. The molecule has 14 heavy (non-hydrogen) atoms. The predicted molar refractivity (Wildman–Crippen MR) is 45.8 cm³/mol. The Labute approximate surface area is 79.4 Å². The highest BCUT2D eigenvalue weighted by molar-refractivity contribution is 5.33. The third-order valence-electron chi connectivity index (χ3n) is 1.35. The Kier molecular flexibility index (Phi) is 2.93. The van der Waals surface area contributed by atoms with Gasteiger partial charge in [-0.1, -0.05) is 0 Å². The molecule has 0 saturated carbocycles. The van der Waals surface area contributed by atoms with Crippen LogP contribution in [-0.2, 0) is 6.18 Å². The Morgan fingerprint density at radius 1 is 1.36 bits per heavy atom. The fourth-order valence-electron chi connectivity index (χ4n) is 0.871. The normalized spacial score (nSPS) is 11.9. The molecule has 0 aliphatic carbocycles. The fourth-order valence-corrected chi connectivity index (χ4v) is 0.871. The first-order valence-electron chi connectivity index (χ1n) is 4.06. The smallest absolute Gasteiger partial charge is 0.368 e. The number of aromatic nitrogens is 2. The van der Waals surface area contributed by atoms with E-state index >= 15 is 0 Å². The Morgan fingerprint density at radius 2 is 2.00 bits per heavy atom. The van der Waals surface area contributed by atoms with Crippen molar-refractivity contribution in [1.29, 1.82) is 0 Å². The van der Waals surface area contributed by atoms with E-state index < -0.39 is 12.0 Å². The number of rotatable bonds is 2. The van der Waals surface area contributed by atoms with Gasteiger partial charge in [-0.05, 0) is 19.9 Å². The predicted octanol–water partition coefficient (Wildman–Crippen LogP) is 2.32. The summed E-state index contributed by atoms with van der Waals surface area (Å²) in [6.45, 7) is 3.63. The molecule has 1 heterocycles. The third-order valence-corrected chi connectivity index (χ3v) is 1.35. The van der Waals surface area contributed by atoms with Crippen molar-refractivity contribution in [2.45, 2.75) is 26.1 Å². The van der Waals surface area contributed by atoms with Gasteiger partial charge < -0.3 is 5.32 Å². The number of hydrogen-bond donors (Lipinski definition) is 1. The highest BCUT2D eigenvalue weighted by atomic mass is 19.4. The molecule has 1 N–H and O–H groups in total. The fraction of sp³-hybridized carbons (Fsp3) is 0.500. The van der Waals surface area contributed by atoms with Crippen LogP contribution in [0.4, 0.5) is 19.0 Å². The highest BCUT2D eigenvalue weighted by Gasteiger charge is 2.34. The molecule has 0 radical (unpaired) electrons. The van der Waals surface area contributed by atoms with E-state index in [-0.39, 0.29) is 11.9 Å². The molecule has 0 spiro atoms. The third kappa shape index (κ3) is 2.86. The Bertz CT molecular complexity index is 309. The van der Waals surface area contributed by atoms with Crippen molar-refractivity contribution in [2.24, 2.45) is 0 Å². The van der Waals surface area contributed by atoms with Gasteiger partial charge in [-0.15, -0.1) is 0 Å². The maximum atomic E-state index is 12.2. The van der Waals surface area contributed by atoms with Crippen molar-refractivity contribution < 1.29 is 13.2 Å². The van der Waals surface area contributed by atoms with Crippen molar-refractivity contribution in [2.75, 3.05) is 5.32 Å². The Balaban J connectivity index is 2.90. The van der Waals surface area contributed by atoms with E-state index in [1.807, 2.05) is 13.8 Å². The average Bonchev–Trinajstić information content (AvgIpc) is 2.01. The van der Waals surface area contributed by atoms with Crippen LogP contribution in [0.1, 0.15) is 19.7 Å². The number of hydrogen-bond acceptors (Lipinski definition) is 3. The van der Waals surface area contributed by atoms with Crippen LogP contribution in [0.15, 0.2) is 12.3 Å². The molecule has 0 saturated heterocycles. The molecule has 0 bridgehead atoms. The molecule has 0 aliphatic heterocycles. The molecule has 0 aliphatic rings. The summed E-state index contributed by atoms with van der Waals surface area (Å²) in [4.78, 5) is 6.48. The number of nitrogens with one attached hydrogen (secondary N) is 1. The first-order chi connectivity index (χ1) is 6.39. The minimum Gasteiger partial charge on any atom is -0.368 e. The molecule has 0 amide bonds. The first kappa shape index (κ1) is 10.7. The maximum Gasteiger partial charge on any atom is 0.451 e. The summed E-state index contributed by atoms with van der Waals surface area (Å²) >= 11 is 0. The minimum atomic E-state index is -4.49. The zero-order valence-electron chi connectivity index (χ0n) is 7.76. The van der Waals surface area contributed by atoms with Crippen LogP contribution in [-0.4, -0.2) is 16.0 Å². The van der Waals surface area contributed by atoms with Gasteiger partial charge in [-0.3, -0.25) is 0 Å². The van der Waals surface area contributed by atoms with Crippen molar-refractivity contribution >= 4 is 5.82 Å². The van der Waals surface area contributed by atoms with Gasteiger partial charge in [0.05, 0.1) is 0 Å². The lowest BCUT2D eigenvalue weighted by Gasteiger charge is -2.10. The van der Waals surface area contributed by atoms with Gasteiger partial charge in [-0.2, -0.15) is 13.2 Å². The van der Waals surface area contributed by atoms with Crippen LogP contribution in [0.3, 0.4) is 0 Å². The molecule has 3 nitrogen and oxygen atoms in total. The summed E-state index contributed by atoms with van der Waals surface area (Å²) in [7, 11) is 0. The molecule has 0 aromatic carbocycles. The lowest BCUT2D eigenvalue weighted by Crippen LogP contribution is -2.15. The van der Waals surface area contributed by atoms with E-state index in [2.05, 4.69) is 15.3 Å². The number of alkyl halides is 3. The van der Waals surface area contributed by atoms with Gasteiger partial charge in [0, 0.05) is 12.2 Å². The van der Waals surface area contributed by atoms with Crippen molar-refractivity contribution in [3.63, 3.8) is 0 Å². The molecule has 0 atom stereocenters. The SMILES string of the molecule is CC(C)Nc1ccnc(C(F)(F)F)n1. The molecule has 0 unspecified atom stereocenters. The summed E-state index contributed by atoms with van der Waals surface area (Å²) in [6.07, 6.45) is -3.41. The lowest BCUT2D eigenvalue weighted by atomic mass is 10.4. The van der Waals surface area contributed by atoms with Crippen LogP contribution in [0.2, 0.25) is 0 Å². The van der Waals surface area contributed by atoms with Crippen LogP contribution in [0, 0.1) is 0 Å². The molecular formula is C8H10F3N3. The standard InChI is InChI=1S/C8H10F3N3/c1-5(2)13-6-3-4-12-7(14-6)8(9,10)11/h3-5H,1-2H3,(H,12,13,14). The second-order valence-electron chi connectivity index (χ2n) is 3.06. The second kappa shape index (κ2) is 3.81. The van der Waals surface area contributed by atoms with Crippen LogP contribution < -0.4 is 5.32 Å². The van der Waals surface area contributed by atoms with Gasteiger partial charge >= 0.3 is 6.18 Å². The summed E-state index contributed by atoms with van der Waals surface area (Å²) in [6, 6.07) is 1.43. The molecule has 1 aromatic heterocycles. The van der Waals surface area contributed by atoms with E-state index in [4.69, 9.17) is 0 Å². The first-order valence-corrected chi connectivity index (χ1v) is 4.06. The number of anilines is 1. The van der Waals surface area contributed by atoms with Gasteiger partial charge in [0.1, 0.15) is 5.82 Å².